The smallest absolute Gasteiger partial charge is 0.343 e. The number of hydrogen-bond donors (Lipinski definition) is 1. The van der Waals surface area contributed by atoms with Gasteiger partial charge in [-0.05, 0) is 51.3 Å². The van der Waals surface area contributed by atoms with Gasteiger partial charge in [0, 0.05) is 17.0 Å². The molecule has 0 saturated carbocycles. The highest BCUT2D eigenvalue weighted by molar-refractivity contribution is 5.83. The Morgan fingerprint density at radius 1 is 1.15 bits per heavy atom. The third-order valence-corrected chi connectivity index (χ3v) is 4.34. The molecule has 5 nitrogen and oxygen atoms in total. The minimum absolute atomic E-state index is 0.0692. The molecular weight excluding hydrogens is 332 g/mol. The number of aromatic hydroxyl groups is 1. The lowest BCUT2D eigenvalue weighted by Crippen LogP contribution is -2.05. The zero-order valence-corrected chi connectivity index (χ0v) is 15.0. The fraction of sp³-hybridized carbons (Fsp3) is 0.286. The molecule has 0 atom stereocenters. The molecule has 3 rings (SSSR count). The molecule has 0 saturated heterocycles. The van der Waals surface area contributed by atoms with Crippen LogP contribution in [0.15, 0.2) is 50.5 Å². The van der Waals surface area contributed by atoms with Gasteiger partial charge in [0.2, 0.25) is 0 Å². The summed E-state index contributed by atoms with van der Waals surface area (Å²) in [7, 11) is 0. The normalized spacial score (nSPS) is 11.0. The van der Waals surface area contributed by atoms with Crippen molar-refractivity contribution in [2.24, 2.45) is 0 Å². The van der Waals surface area contributed by atoms with Gasteiger partial charge in [0.05, 0.1) is 12.2 Å². The van der Waals surface area contributed by atoms with Gasteiger partial charge in [-0.3, -0.25) is 0 Å². The van der Waals surface area contributed by atoms with Gasteiger partial charge in [-0.2, -0.15) is 0 Å². The summed E-state index contributed by atoms with van der Waals surface area (Å²) in [5.74, 6) is 1.29. The monoisotopic (exact) mass is 354 g/mol. The van der Waals surface area contributed by atoms with Crippen LogP contribution in [-0.4, -0.2) is 11.7 Å². The van der Waals surface area contributed by atoms with Crippen LogP contribution in [0.1, 0.15) is 30.4 Å². The highest BCUT2D eigenvalue weighted by Crippen LogP contribution is 2.34. The van der Waals surface area contributed by atoms with E-state index < -0.39 is 5.63 Å². The number of unbranched alkanes of at least 4 members (excludes halogenated alkanes) is 2. The second-order valence-electron chi connectivity index (χ2n) is 6.26. The van der Waals surface area contributed by atoms with E-state index in [2.05, 4.69) is 6.58 Å². The predicted molar refractivity (Wildman–Crippen MR) is 101 cm³/mol. The first-order chi connectivity index (χ1) is 12.5. The van der Waals surface area contributed by atoms with Crippen LogP contribution in [0.2, 0.25) is 0 Å². The van der Waals surface area contributed by atoms with Crippen LogP contribution in [-0.2, 0) is 0 Å². The molecule has 2 aromatic heterocycles. The lowest BCUT2D eigenvalue weighted by Gasteiger charge is -2.05. The molecule has 1 N–H and O–H groups in total. The van der Waals surface area contributed by atoms with Crippen molar-refractivity contribution in [3.8, 4) is 23.0 Å². The van der Waals surface area contributed by atoms with Crippen molar-refractivity contribution in [3.05, 3.63) is 58.5 Å². The van der Waals surface area contributed by atoms with Gasteiger partial charge < -0.3 is 18.7 Å². The molecule has 0 unspecified atom stereocenters. The Morgan fingerprint density at radius 2 is 1.96 bits per heavy atom. The zero-order chi connectivity index (χ0) is 18.7. The van der Waals surface area contributed by atoms with Crippen LogP contribution < -0.4 is 10.4 Å². The molecule has 0 bridgehead atoms. The van der Waals surface area contributed by atoms with Crippen LogP contribution in [0.25, 0.3) is 22.5 Å². The number of furan rings is 1. The molecule has 1 aromatic carbocycles. The average Bonchev–Trinajstić information content (AvgIpc) is 3.05. The van der Waals surface area contributed by atoms with Gasteiger partial charge >= 0.3 is 5.63 Å². The molecule has 3 aromatic rings. The van der Waals surface area contributed by atoms with Gasteiger partial charge in [0.1, 0.15) is 17.1 Å². The van der Waals surface area contributed by atoms with E-state index in [4.69, 9.17) is 13.6 Å². The van der Waals surface area contributed by atoms with E-state index in [0.29, 0.717) is 23.5 Å². The van der Waals surface area contributed by atoms with E-state index >= 15 is 0 Å². The lowest BCUT2D eigenvalue weighted by molar-refractivity contribution is 0.307. The predicted octanol–water partition coefficient (Wildman–Crippen LogP) is 5.11. The number of ether oxygens (including phenoxy) is 1. The number of rotatable bonds is 7. The SMILES string of the molecule is C=CCCCCOc1ccc2cc(-c3oc(=O)c(C)c(O)c3C)oc2c1. The van der Waals surface area contributed by atoms with Crippen LogP contribution in [0.3, 0.4) is 0 Å². The minimum atomic E-state index is -0.577. The Labute approximate surface area is 151 Å². The first kappa shape index (κ1) is 17.9. The molecule has 0 aliphatic carbocycles. The summed E-state index contributed by atoms with van der Waals surface area (Å²) in [5, 5.41) is 10.9. The van der Waals surface area contributed by atoms with Crippen molar-refractivity contribution in [2.75, 3.05) is 6.61 Å². The van der Waals surface area contributed by atoms with E-state index in [1.54, 1.807) is 13.0 Å². The molecule has 0 radical (unpaired) electrons. The first-order valence-electron chi connectivity index (χ1n) is 8.62. The average molecular weight is 354 g/mol. The maximum Gasteiger partial charge on any atom is 0.343 e. The summed E-state index contributed by atoms with van der Waals surface area (Å²) in [6.07, 6.45) is 4.89. The Hall–Kier alpha value is -2.95. The zero-order valence-electron chi connectivity index (χ0n) is 15.0. The fourth-order valence-electron chi connectivity index (χ4n) is 2.76. The molecule has 0 spiro atoms. The van der Waals surface area contributed by atoms with Crippen molar-refractivity contribution in [1.29, 1.82) is 0 Å². The standard InChI is InChI=1S/C21H22O5/c1-4-5-6-7-10-24-16-9-8-15-11-18(25-17(15)12-16)20-13(2)19(22)14(3)21(23)26-20/h4,8-9,11-12,22H,1,5-7,10H2,2-3H3. The number of benzene rings is 1. The summed E-state index contributed by atoms with van der Waals surface area (Å²) in [5.41, 5.74) is 0.715. The van der Waals surface area contributed by atoms with E-state index in [-0.39, 0.29) is 17.1 Å². The summed E-state index contributed by atoms with van der Waals surface area (Å²) in [4.78, 5) is 11.9. The molecule has 0 aliphatic rings. The van der Waals surface area contributed by atoms with Crippen LogP contribution in [0.5, 0.6) is 11.5 Å². The quantitative estimate of drug-likeness (QED) is 0.471. The van der Waals surface area contributed by atoms with Crippen LogP contribution in [0.4, 0.5) is 0 Å². The van der Waals surface area contributed by atoms with Crippen LogP contribution >= 0.6 is 0 Å². The lowest BCUT2D eigenvalue weighted by atomic mass is 10.1. The van der Waals surface area contributed by atoms with Crippen molar-refractivity contribution >= 4 is 11.0 Å². The fourth-order valence-corrected chi connectivity index (χ4v) is 2.76. The van der Waals surface area contributed by atoms with Crippen molar-refractivity contribution in [2.45, 2.75) is 33.1 Å². The highest BCUT2D eigenvalue weighted by Gasteiger charge is 2.18. The molecule has 2 heterocycles. The Morgan fingerprint density at radius 3 is 2.73 bits per heavy atom. The van der Waals surface area contributed by atoms with Crippen LogP contribution in [0, 0.1) is 13.8 Å². The summed E-state index contributed by atoms with van der Waals surface area (Å²) < 4.78 is 16.9. The molecular formula is C21H22O5. The second-order valence-corrected chi connectivity index (χ2v) is 6.26. The molecule has 0 fully saturated rings. The molecule has 136 valence electrons. The van der Waals surface area contributed by atoms with Gasteiger partial charge in [-0.1, -0.05) is 6.08 Å². The molecule has 5 heteroatoms. The number of fused-ring (bicyclic) bond motifs is 1. The largest absolute Gasteiger partial charge is 0.507 e. The minimum Gasteiger partial charge on any atom is -0.507 e. The summed E-state index contributed by atoms with van der Waals surface area (Å²) in [6.45, 7) is 7.54. The van der Waals surface area contributed by atoms with E-state index in [1.165, 1.54) is 6.92 Å². The number of allylic oxidation sites excluding steroid dienone is 1. The highest BCUT2D eigenvalue weighted by atomic mass is 16.5. The van der Waals surface area contributed by atoms with Crippen molar-refractivity contribution < 1.29 is 18.7 Å². The Bertz CT molecular complexity index is 994. The van der Waals surface area contributed by atoms with Crippen molar-refractivity contribution in [1.82, 2.24) is 0 Å². The Kier molecular flexibility index (Phi) is 5.16. The molecule has 0 aliphatic heterocycles. The Balaban J connectivity index is 1.86. The van der Waals surface area contributed by atoms with E-state index in [9.17, 15) is 9.90 Å². The molecule has 0 amide bonds. The maximum absolute atomic E-state index is 11.9. The van der Waals surface area contributed by atoms with Crippen molar-refractivity contribution in [3.63, 3.8) is 0 Å². The van der Waals surface area contributed by atoms with E-state index in [1.807, 2.05) is 24.3 Å². The van der Waals surface area contributed by atoms with Gasteiger partial charge in [-0.25, -0.2) is 4.79 Å². The van der Waals surface area contributed by atoms with Gasteiger partial charge in [0.25, 0.3) is 0 Å². The summed E-state index contributed by atoms with van der Waals surface area (Å²) in [6, 6.07) is 7.37. The third-order valence-electron chi connectivity index (χ3n) is 4.34. The summed E-state index contributed by atoms with van der Waals surface area (Å²) >= 11 is 0. The van der Waals surface area contributed by atoms with Gasteiger partial charge in [0.15, 0.2) is 11.5 Å². The topological polar surface area (TPSA) is 72.8 Å². The maximum atomic E-state index is 11.9. The first-order valence-corrected chi connectivity index (χ1v) is 8.62. The third kappa shape index (κ3) is 3.52. The van der Waals surface area contributed by atoms with E-state index in [0.717, 1.165) is 30.4 Å². The molecule has 26 heavy (non-hydrogen) atoms. The second kappa shape index (κ2) is 7.52. The van der Waals surface area contributed by atoms with Gasteiger partial charge in [-0.15, -0.1) is 6.58 Å². The number of hydrogen-bond acceptors (Lipinski definition) is 5.